The molecule has 1 aromatic carbocycles. The number of nitrogens with zero attached hydrogens (tertiary/aromatic N) is 1. The van der Waals surface area contributed by atoms with Gasteiger partial charge in [0, 0.05) is 17.4 Å². The maximum absolute atomic E-state index is 11.1. The number of hydrogen-bond acceptors (Lipinski definition) is 2. The van der Waals surface area contributed by atoms with Crippen molar-refractivity contribution in [3.63, 3.8) is 0 Å². The first-order valence-electron chi connectivity index (χ1n) is 4.96. The zero-order chi connectivity index (χ0) is 11.5. The molecule has 16 heavy (non-hydrogen) atoms. The molecule has 0 radical (unpaired) electrons. The Balaban J connectivity index is 2.42. The molecule has 0 fully saturated rings. The summed E-state index contributed by atoms with van der Waals surface area (Å²) in [6.07, 6.45) is 2.62. The fraction of sp³-hybridized carbons (Fsp3) is 0.0769. The van der Waals surface area contributed by atoms with Gasteiger partial charge in [0.25, 0.3) is 0 Å². The van der Waals surface area contributed by atoms with Gasteiger partial charge in [-0.05, 0) is 43.3 Å². The van der Waals surface area contributed by atoms with E-state index in [1.807, 2.05) is 24.4 Å². The first kappa shape index (κ1) is 10.4. The third kappa shape index (κ3) is 1.80. The highest BCUT2D eigenvalue weighted by Crippen LogP contribution is 2.13. The van der Waals surface area contributed by atoms with E-state index in [4.69, 9.17) is 0 Å². The van der Waals surface area contributed by atoms with Crippen molar-refractivity contribution in [2.45, 2.75) is 6.92 Å². The summed E-state index contributed by atoms with van der Waals surface area (Å²) in [5, 5.41) is 0. The molecule has 0 aliphatic rings. The van der Waals surface area contributed by atoms with Gasteiger partial charge in [-0.25, -0.2) is 0 Å². The van der Waals surface area contributed by atoms with Crippen molar-refractivity contribution in [2.24, 2.45) is 0 Å². The number of rotatable bonds is 3. The Morgan fingerprint density at radius 1 is 1.19 bits per heavy atom. The summed E-state index contributed by atoms with van der Waals surface area (Å²) in [7, 11) is 0. The topological polar surface area (TPSA) is 39.1 Å². The Bertz CT molecular complexity index is 523. The standard InChI is InChI=1S/C13H11NO2/c1-10(16)11-4-6-12(7-5-11)14-8-2-3-13(14)9-15/h2-9H,1H3. The number of benzene rings is 1. The van der Waals surface area contributed by atoms with E-state index in [0.29, 0.717) is 11.3 Å². The molecule has 0 saturated carbocycles. The van der Waals surface area contributed by atoms with Crippen LogP contribution >= 0.6 is 0 Å². The Morgan fingerprint density at radius 3 is 2.44 bits per heavy atom. The van der Waals surface area contributed by atoms with E-state index in [0.717, 1.165) is 12.0 Å². The molecule has 2 aromatic rings. The third-order valence-corrected chi connectivity index (χ3v) is 2.45. The summed E-state index contributed by atoms with van der Waals surface area (Å²) in [5.41, 5.74) is 2.14. The van der Waals surface area contributed by atoms with Crippen LogP contribution in [-0.2, 0) is 0 Å². The fourth-order valence-electron chi connectivity index (χ4n) is 1.58. The number of carbonyl (C=O) groups is 2. The second kappa shape index (κ2) is 4.14. The third-order valence-electron chi connectivity index (χ3n) is 2.45. The Kier molecular flexibility index (Phi) is 2.68. The van der Waals surface area contributed by atoms with Crippen molar-refractivity contribution in [2.75, 3.05) is 0 Å². The van der Waals surface area contributed by atoms with E-state index in [9.17, 15) is 9.59 Å². The van der Waals surface area contributed by atoms with Gasteiger partial charge in [-0.15, -0.1) is 0 Å². The molecular weight excluding hydrogens is 202 g/mol. The predicted molar refractivity (Wildman–Crippen MR) is 61.2 cm³/mol. The van der Waals surface area contributed by atoms with Crippen LogP contribution in [0.1, 0.15) is 27.8 Å². The average Bonchev–Trinajstić information content (AvgIpc) is 2.77. The molecule has 0 N–H and O–H groups in total. The molecule has 1 aromatic heterocycles. The minimum atomic E-state index is 0.0367. The number of hydrogen-bond donors (Lipinski definition) is 0. The lowest BCUT2D eigenvalue weighted by atomic mass is 10.1. The molecule has 0 saturated heterocycles. The monoisotopic (exact) mass is 213 g/mol. The summed E-state index contributed by atoms with van der Waals surface area (Å²) in [4.78, 5) is 21.9. The minimum Gasteiger partial charge on any atom is -0.314 e. The molecule has 3 nitrogen and oxygen atoms in total. The van der Waals surface area contributed by atoms with Crippen LogP contribution < -0.4 is 0 Å². The van der Waals surface area contributed by atoms with E-state index in [-0.39, 0.29) is 5.78 Å². The van der Waals surface area contributed by atoms with Crippen LogP contribution in [0.2, 0.25) is 0 Å². The van der Waals surface area contributed by atoms with E-state index in [1.54, 1.807) is 22.8 Å². The van der Waals surface area contributed by atoms with Crippen molar-refractivity contribution in [1.29, 1.82) is 0 Å². The van der Waals surface area contributed by atoms with Crippen molar-refractivity contribution in [3.05, 3.63) is 53.9 Å². The molecule has 1 heterocycles. The zero-order valence-corrected chi connectivity index (χ0v) is 8.88. The van der Waals surface area contributed by atoms with E-state index in [2.05, 4.69) is 0 Å². The van der Waals surface area contributed by atoms with Gasteiger partial charge in [0.1, 0.15) is 0 Å². The zero-order valence-electron chi connectivity index (χ0n) is 8.88. The van der Waals surface area contributed by atoms with E-state index < -0.39 is 0 Å². The first-order chi connectivity index (χ1) is 7.72. The highest BCUT2D eigenvalue weighted by Gasteiger charge is 2.03. The minimum absolute atomic E-state index is 0.0367. The quantitative estimate of drug-likeness (QED) is 0.580. The van der Waals surface area contributed by atoms with Crippen molar-refractivity contribution >= 4 is 12.1 Å². The second-order valence-corrected chi connectivity index (χ2v) is 3.52. The molecule has 0 amide bonds. The van der Waals surface area contributed by atoms with Crippen molar-refractivity contribution < 1.29 is 9.59 Å². The second-order valence-electron chi connectivity index (χ2n) is 3.52. The lowest BCUT2D eigenvalue weighted by molar-refractivity contribution is 0.101. The van der Waals surface area contributed by atoms with Crippen molar-refractivity contribution in [3.8, 4) is 5.69 Å². The number of aldehydes is 1. The normalized spacial score (nSPS) is 10.1. The summed E-state index contributed by atoms with van der Waals surface area (Å²) >= 11 is 0. The summed E-state index contributed by atoms with van der Waals surface area (Å²) in [5.74, 6) is 0.0367. The Morgan fingerprint density at radius 2 is 1.88 bits per heavy atom. The number of Topliss-reactive ketones (excluding diaryl/α,β-unsaturated/α-hetero) is 1. The molecule has 0 bridgehead atoms. The van der Waals surface area contributed by atoms with Crippen molar-refractivity contribution in [1.82, 2.24) is 4.57 Å². The number of aromatic nitrogens is 1. The maximum atomic E-state index is 11.1. The van der Waals surface area contributed by atoms with Crippen LogP contribution in [0, 0.1) is 0 Å². The fourth-order valence-corrected chi connectivity index (χ4v) is 1.58. The van der Waals surface area contributed by atoms with Crippen LogP contribution in [0.3, 0.4) is 0 Å². The van der Waals surface area contributed by atoms with Crippen LogP contribution in [0.15, 0.2) is 42.6 Å². The van der Waals surface area contributed by atoms with Gasteiger partial charge in [-0.1, -0.05) is 0 Å². The van der Waals surface area contributed by atoms with Crippen LogP contribution in [-0.4, -0.2) is 16.6 Å². The largest absolute Gasteiger partial charge is 0.314 e. The van der Waals surface area contributed by atoms with Crippen LogP contribution in [0.5, 0.6) is 0 Å². The average molecular weight is 213 g/mol. The summed E-state index contributed by atoms with van der Waals surface area (Å²) < 4.78 is 1.77. The van der Waals surface area contributed by atoms with Crippen LogP contribution in [0.4, 0.5) is 0 Å². The molecule has 0 unspecified atom stereocenters. The number of carbonyl (C=O) groups excluding carboxylic acids is 2. The molecular formula is C13H11NO2. The summed E-state index contributed by atoms with van der Waals surface area (Å²) in [6.45, 7) is 1.53. The Labute approximate surface area is 93.3 Å². The van der Waals surface area contributed by atoms with Gasteiger partial charge >= 0.3 is 0 Å². The first-order valence-corrected chi connectivity index (χ1v) is 4.96. The predicted octanol–water partition coefficient (Wildman–Crippen LogP) is 2.49. The van der Waals surface area contributed by atoms with Gasteiger partial charge in [0.2, 0.25) is 0 Å². The van der Waals surface area contributed by atoms with Gasteiger partial charge < -0.3 is 4.57 Å². The molecule has 0 atom stereocenters. The van der Waals surface area contributed by atoms with Gasteiger partial charge in [-0.3, -0.25) is 9.59 Å². The van der Waals surface area contributed by atoms with Crippen LogP contribution in [0.25, 0.3) is 5.69 Å². The molecule has 2 rings (SSSR count). The smallest absolute Gasteiger partial charge is 0.166 e. The lowest BCUT2D eigenvalue weighted by Gasteiger charge is -2.05. The highest BCUT2D eigenvalue weighted by atomic mass is 16.1. The highest BCUT2D eigenvalue weighted by molar-refractivity contribution is 5.94. The number of ketones is 1. The Hall–Kier alpha value is -2.16. The summed E-state index contributed by atoms with van der Waals surface area (Å²) in [6, 6.07) is 10.7. The van der Waals surface area contributed by atoms with Gasteiger partial charge in [-0.2, -0.15) is 0 Å². The lowest BCUT2D eigenvalue weighted by Crippen LogP contribution is -1.98. The molecule has 0 aliphatic carbocycles. The SMILES string of the molecule is CC(=O)c1ccc(-n2cccc2C=O)cc1. The van der Waals surface area contributed by atoms with Gasteiger partial charge in [0.15, 0.2) is 12.1 Å². The molecule has 80 valence electrons. The molecule has 0 aliphatic heterocycles. The maximum Gasteiger partial charge on any atom is 0.166 e. The van der Waals surface area contributed by atoms with E-state index >= 15 is 0 Å². The van der Waals surface area contributed by atoms with Gasteiger partial charge in [0.05, 0.1) is 5.69 Å². The van der Waals surface area contributed by atoms with E-state index in [1.165, 1.54) is 6.92 Å². The molecule has 3 heteroatoms. The molecule has 0 spiro atoms.